The highest BCUT2D eigenvalue weighted by Gasteiger charge is 2.25. The smallest absolute Gasteiger partial charge is 0.264 e. The van der Waals surface area contributed by atoms with Crippen LogP contribution in [0.1, 0.15) is 11.1 Å². The Bertz CT molecular complexity index is 1700. The van der Waals surface area contributed by atoms with Gasteiger partial charge in [-0.2, -0.15) is 0 Å². The molecule has 0 spiro atoms. The third-order valence-electron chi connectivity index (χ3n) is 6.43. The molecule has 0 atom stereocenters. The minimum atomic E-state index is -3.76. The largest absolute Gasteiger partial charge is 0.494 e. The zero-order chi connectivity index (χ0) is 27.4. The van der Waals surface area contributed by atoms with E-state index in [1.54, 1.807) is 54.6 Å². The number of benzene rings is 4. The van der Waals surface area contributed by atoms with E-state index in [0.29, 0.717) is 35.7 Å². The van der Waals surface area contributed by atoms with Crippen LogP contribution in [-0.2, 0) is 10.0 Å². The number of H-pyrrole nitrogens is 1. The van der Waals surface area contributed by atoms with Crippen LogP contribution in [-0.4, -0.2) is 56.3 Å². The van der Waals surface area contributed by atoms with Crippen molar-refractivity contribution in [3.05, 3.63) is 120 Å². The number of fused-ring (bicyclic) bond motifs is 1. The molecule has 0 unspecified atom stereocenters. The first-order valence-electron chi connectivity index (χ1n) is 12.6. The number of nitrogens with zero attached hydrogens (tertiary/aromatic N) is 3. The average molecular weight is 539 g/mol. The van der Waals surface area contributed by atoms with Crippen LogP contribution in [0.25, 0.3) is 10.9 Å². The monoisotopic (exact) mass is 538 g/mol. The molecule has 198 valence electrons. The number of rotatable bonds is 9. The highest BCUT2D eigenvalue weighted by atomic mass is 32.2. The Morgan fingerprint density at radius 3 is 2.08 bits per heavy atom. The van der Waals surface area contributed by atoms with E-state index in [4.69, 9.17) is 4.99 Å². The maximum atomic E-state index is 13.6. The number of hydrogen-bond acceptors (Lipinski definition) is 5. The lowest BCUT2D eigenvalue weighted by molar-refractivity contribution is 0.419. The Hall–Kier alpha value is -4.40. The SMILES string of the molecule is CN(C)CCN(c1ccc(N=C(c2ccccc2)c2c(O)[nH]c3ccccc23)cc1)S(=O)(=O)c1ccccc1. The molecule has 0 bridgehead atoms. The third kappa shape index (κ3) is 5.57. The number of aromatic nitrogens is 1. The molecule has 2 N–H and O–H groups in total. The van der Waals surface area contributed by atoms with Gasteiger partial charge in [-0.3, -0.25) is 4.31 Å². The standard InChI is InChI=1S/C31H30N4O3S/c1-34(2)21-22-35(39(37,38)26-13-7-4-8-14-26)25-19-17-24(18-20-25)32-30(23-11-5-3-6-12-23)29-27-15-9-10-16-28(27)33-31(29)36/h3-20,33,36H,21-22H2,1-2H3. The second-order valence-electron chi connectivity index (χ2n) is 9.43. The van der Waals surface area contributed by atoms with Crippen LogP contribution < -0.4 is 4.31 Å². The van der Waals surface area contributed by atoms with Gasteiger partial charge in [0.2, 0.25) is 0 Å². The minimum absolute atomic E-state index is 0.0410. The summed E-state index contributed by atoms with van der Waals surface area (Å²) in [6, 6.07) is 33.0. The molecule has 0 aliphatic rings. The highest BCUT2D eigenvalue weighted by molar-refractivity contribution is 7.92. The van der Waals surface area contributed by atoms with E-state index in [1.165, 1.54) is 4.31 Å². The molecule has 0 aliphatic heterocycles. The molecule has 5 rings (SSSR count). The lowest BCUT2D eigenvalue weighted by Gasteiger charge is -2.26. The van der Waals surface area contributed by atoms with E-state index in [-0.39, 0.29) is 10.8 Å². The van der Waals surface area contributed by atoms with Gasteiger partial charge in [0.05, 0.1) is 27.5 Å². The lowest BCUT2D eigenvalue weighted by atomic mass is 10.0. The first kappa shape index (κ1) is 26.2. The summed E-state index contributed by atoms with van der Waals surface area (Å²) >= 11 is 0. The van der Waals surface area contributed by atoms with Gasteiger partial charge in [0.1, 0.15) is 0 Å². The van der Waals surface area contributed by atoms with E-state index < -0.39 is 10.0 Å². The average Bonchev–Trinajstić information content (AvgIpc) is 3.28. The number of aromatic hydroxyl groups is 1. The summed E-state index contributed by atoms with van der Waals surface area (Å²) in [5.74, 6) is 0.0410. The second-order valence-corrected chi connectivity index (χ2v) is 11.3. The molecule has 8 heteroatoms. The van der Waals surface area contributed by atoms with Crippen molar-refractivity contribution in [3.63, 3.8) is 0 Å². The molecule has 4 aromatic carbocycles. The van der Waals surface area contributed by atoms with Crippen molar-refractivity contribution in [3.8, 4) is 5.88 Å². The molecular formula is C31H30N4O3S. The van der Waals surface area contributed by atoms with Crippen LogP contribution in [0.3, 0.4) is 0 Å². The first-order valence-corrected chi connectivity index (χ1v) is 14.1. The van der Waals surface area contributed by atoms with E-state index >= 15 is 0 Å². The number of nitrogens with one attached hydrogen (secondary N) is 1. The van der Waals surface area contributed by atoms with E-state index in [9.17, 15) is 13.5 Å². The Kier molecular flexibility index (Phi) is 7.49. The lowest BCUT2D eigenvalue weighted by Crippen LogP contribution is -2.36. The molecule has 0 aliphatic carbocycles. The van der Waals surface area contributed by atoms with Gasteiger partial charge in [-0.05, 0) is 56.6 Å². The highest BCUT2D eigenvalue weighted by Crippen LogP contribution is 2.32. The summed E-state index contributed by atoms with van der Waals surface area (Å²) in [6.07, 6.45) is 0. The Labute approximate surface area is 228 Å². The van der Waals surface area contributed by atoms with Gasteiger partial charge in [0.25, 0.3) is 10.0 Å². The molecule has 1 heterocycles. The van der Waals surface area contributed by atoms with Gasteiger partial charge >= 0.3 is 0 Å². The van der Waals surface area contributed by atoms with Crippen LogP contribution in [0.5, 0.6) is 5.88 Å². The molecule has 39 heavy (non-hydrogen) atoms. The van der Waals surface area contributed by atoms with Crippen molar-refractivity contribution >= 4 is 38.0 Å². The van der Waals surface area contributed by atoms with Gasteiger partial charge in [-0.1, -0.05) is 66.7 Å². The Morgan fingerprint density at radius 1 is 0.795 bits per heavy atom. The summed E-state index contributed by atoms with van der Waals surface area (Å²) in [6.45, 7) is 0.856. The predicted molar refractivity (Wildman–Crippen MR) is 158 cm³/mol. The molecule has 1 aromatic heterocycles. The maximum Gasteiger partial charge on any atom is 0.264 e. The molecule has 0 radical (unpaired) electrons. The van der Waals surface area contributed by atoms with Crippen molar-refractivity contribution in [1.82, 2.24) is 9.88 Å². The topological polar surface area (TPSA) is 89.0 Å². The number of aliphatic imine (C=N–C) groups is 1. The second kappa shape index (κ2) is 11.1. The number of sulfonamides is 1. The number of hydrogen-bond donors (Lipinski definition) is 2. The fraction of sp³-hybridized carbons (Fsp3) is 0.129. The third-order valence-corrected chi connectivity index (χ3v) is 8.27. The summed E-state index contributed by atoms with van der Waals surface area (Å²) in [7, 11) is 0.0657. The zero-order valence-electron chi connectivity index (χ0n) is 21.8. The fourth-order valence-corrected chi connectivity index (χ4v) is 5.93. The molecule has 0 saturated carbocycles. The number of aromatic amines is 1. The summed E-state index contributed by atoms with van der Waals surface area (Å²) in [5.41, 5.74) is 4.06. The van der Waals surface area contributed by atoms with Crippen molar-refractivity contribution < 1.29 is 13.5 Å². The summed E-state index contributed by atoms with van der Waals surface area (Å²) < 4.78 is 28.5. The summed E-state index contributed by atoms with van der Waals surface area (Å²) in [4.78, 5) is 10.2. The van der Waals surface area contributed by atoms with Crippen molar-refractivity contribution in [2.24, 2.45) is 4.99 Å². The molecule has 0 fully saturated rings. The van der Waals surface area contributed by atoms with E-state index in [0.717, 1.165) is 16.5 Å². The van der Waals surface area contributed by atoms with Crippen LogP contribution in [0.4, 0.5) is 11.4 Å². The van der Waals surface area contributed by atoms with Crippen molar-refractivity contribution in [2.45, 2.75) is 4.90 Å². The van der Waals surface area contributed by atoms with Gasteiger partial charge < -0.3 is 15.0 Å². The van der Waals surface area contributed by atoms with Gasteiger partial charge in [0.15, 0.2) is 5.88 Å². The van der Waals surface area contributed by atoms with Gasteiger partial charge in [-0.15, -0.1) is 0 Å². The molecule has 5 aromatic rings. The number of likely N-dealkylation sites (N-methyl/N-ethyl adjacent to an activating group) is 1. The normalized spacial score (nSPS) is 12.2. The first-order chi connectivity index (χ1) is 18.8. The Balaban J connectivity index is 1.57. The molecule has 7 nitrogen and oxygen atoms in total. The zero-order valence-corrected chi connectivity index (χ0v) is 22.6. The van der Waals surface area contributed by atoms with E-state index in [1.807, 2.05) is 73.6 Å². The van der Waals surface area contributed by atoms with Crippen molar-refractivity contribution in [1.29, 1.82) is 0 Å². The quantitative estimate of drug-likeness (QED) is 0.232. The molecule has 0 saturated heterocycles. The van der Waals surface area contributed by atoms with Crippen LogP contribution in [0.2, 0.25) is 0 Å². The van der Waals surface area contributed by atoms with E-state index in [2.05, 4.69) is 4.98 Å². The van der Waals surface area contributed by atoms with Crippen molar-refractivity contribution in [2.75, 3.05) is 31.5 Å². The van der Waals surface area contributed by atoms with Crippen LogP contribution in [0.15, 0.2) is 119 Å². The predicted octanol–water partition coefficient (Wildman–Crippen LogP) is 5.80. The van der Waals surface area contributed by atoms with Crippen LogP contribution >= 0.6 is 0 Å². The van der Waals surface area contributed by atoms with Crippen LogP contribution in [0, 0.1) is 0 Å². The number of anilines is 1. The minimum Gasteiger partial charge on any atom is -0.494 e. The van der Waals surface area contributed by atoms with Gasteiger partial charge in [0, 0.05) is 29.6 Å². The molecular weight excluding hydrogens is 508 g/mol. The number of para-hydroxylation sites is 1. The maximum absolute atomic E-state index is 13.6. The Morgan fingerprint density at radius 2 is 1.41 bits per heavy atom. The molecule has 0 amide bonds. The van der Waals surface area contributed by atoms with Gasteiger partial charge in [-0.25, -0.2) is 13.4 Å². The fourth-order valence-electron chi connectivity index (χ4n) is 4.45. The summed E-state index contributed by atoms with van der Waals surface area (Å²) in [5, 5.41) is 11.7.